The third-order valence-corrected chi connectivity index (χ3v) is 5.78. The topological polar surface area (TPSA) is 32.3 Å². The van der Waals surface area contributed by atoms with Gasteiger partial charge in [-0.1, -0.05) is 66.2 Å². The molecule has 3 nitrogen and oxygen atoms in total. The summed E-state index contributed by atoms with van der Waals surface area (Å²) in [5, 5.41) is 6.34. The van der Waals surface area contributed by atoms with Gasteiger partial charge in [0.25, 0.3) is 0 Å². The van der Waals surface area contributed by atoms with E-state index in [1.165, 1.54) is 21.9 Å². The van der Waals surface area contributed by atoms with Gasteiger partial charge in [0.15, 0.2) is 0 Å². The van der Waals surface area contributed by atoms with Crippen LogP contribution in [-0.4, -0.2) is 23.9 Å². The van der Waals surface area contributed by atoms with E-state index in [0.29, 0.717) is 6.54 Å². The van der Waals surface area contributed by atoms with E-state index in [2.05, 4.69) is 52.7 Å². The molecule has 28 heavy (non-hydrogen) atoms. The lowest BCUT2D eigenvalue weighted by Gasteiger charge is -2.32. The van der Waals surface area contributed by atoms with Crippen LogP contribution < -0.4 is 5.32 Å². The van der Waals surface area contributed by atoms with Gasteiger partial charge in [0.2, 0.25) is 5.91 Å². The van der Waals surface area contributed by atoms with Gasteiger partial charge in [0.05, 0.1) is 5.92 Å². The minimum absolute atomic E-state index is 0.0519. The number of rotatable bonds is 5. The number of likely N-dealkylation sites (tertiary alicyclic amines) is 1. The van der Waals surface area contributed by atoms with Gasteiger partial charge in [-0.2, -0.15) is 0 Å². The average Bonchev–Trinajstić information content (AvgIpc) is 2.74. The number of carbonyl (C=O) groups excluding carboxylic acids is 1. The summed E-state index contributed by atoms with van der Waals surface area (Å²) in [6, 6.07) is 22.5. The van der Waals surface area contributed by atoms with E-state index < -0.39 is 0 Å². The van der Waals surface area contributed by atoms with Gasteiger partial charge in [-0.3, -0.25) is 9.69 Å². The summed E-state index contributed by atoms with van der Waals surface area (Å²) < 4.78 is 0. The smallest absolute Gasteiger partial charge is 0.224 e. The number of hydrogen-bond acceptors (Lipinski definition) is 2. The van der Waals surface area contributed by atoms with Crippen LogP contribution in [0.15, 0.2) is 66.7 Å². The SMILES string of the molecule is O=C(NCc1cccc2ccccc12)C1CCCN(Cc2ccc(Cl)cc2)C1. The number of halogens is 1. The number of amides is 1. The van der Waals surface area contributed by atoms with E-state index in [0.717, 1.165) is 37.5 Å². The van der Waals surface area contributed by atoms with Crippen LogP contribution in [0.25, 0.3) is 10.8 Å². The van der Waals surface area contributed by atoms with Crippen LogP contribution >= 0.6 is 11.6 Å². The maximum Gasteiger partial charge on any atom is 0.224 e. The molecule has 4 heteroatoms. The van der Waals surface area contributed by atoms with Crippen molar-refractivity contribution in [2.45, 2.75) is 25.9 Å². The van der Waals surface area contributed by atoms with Crippen LogP contribution in [0.5, 0.6) is 0 Å². The predicted octanol–water partition coefficient (Wildman–Crippen LogP) is 5.02. The van der Waals surface area contributed by atoms with E-state index in [1.807, 2.05) is 24.3 Å². The van der Waals surface area contributed by atoms with Crippen LogP contribution in [-0.2, 0) is 17.9 Å². The number of piperidine rings is 1. The highest BCUT2D eigenvalue weighted by molar-refractivity contribution is 6.30. The Balaban J connectivity index is 1.35. The molecular weight excluding hydrogens is 368 g/mol. The zero-order chi connectivity index (χ0) is 19.3. The highest BCUT2D eigenvalue weighted by atomic mass is 35.5. The molecular formula is C24H25ClN2O. The molecule has 1 atom stereocenters. The molecule has 0 saturated carbocycles. The number of hydrogen-bond donors (Lipinski definition) is 1. The quantitative estimate of drug-likeness (QED) is 0.661. The molecule has 1 unspecified atom stereocenters. The summed E-state index contributed by atoms with van der Waals surface area (Å²) in [7, 11) is 0. The van der Waals surface area contributed by atoms with Crippen LogP contribution in [0.1, 0.15) is 24.0 Å². The highest BCUT2D eigenvalue weighted by Crippen LogP contribution is 2.21. The zero-order valence-corrected chi connectivity index (χ0v) is 16.7. The van der Waals surface area contributed by atoms with Crippen LogP contribution in [0.2, 0.25) is 5.02 Å². The Morgan fingerprint density at radius 3 is 2.68 bits per heavy atom. The molecule has 1 heterocycles. The molecule has 1 aliphatic heterocycles. The van der Waals surface area contributed by atoms with Crippen molar-refractivity contribution in [3.05, 3.63) is 82.9 Å². The molecule has 3 aromatic rings. The molecule has 1 aliphatic rings. The van der Waals surface area contributed by atoms with Gasteiger partial charge < -0.3 is 5.32 Å². The molecule has 1 N–H and O–H groups in total. The molecule has 1 amide bonds. The molecule has 3 aromatic carbocycles. The van der Waals surface area contributed by atoms with E-state index >= 15 is 0 Å². The number of nitrogens with zero attached hydrogens (tertiary/aromatic N) is 1. The summed E-state index contributed by atoms with van der Waals surface area (Å²) in [6.07, 6.45) is 2.01. The number of carbonyl (C=O) groups is 1. The van der Waals surface area contributed by atoms with Crippen molar-refractivity contribution < 1.29 is 4.79 Å². The monoisotopic (exact) mass is 392 g/mol. The Labute approximate surface area is 171 Å². The minimum Gasteiger partial charge on any atom is -0.352 e. The van der Waals surface area contributed by atoms with Crippen molar-refractivity contribution in [2.75, 3.05) is 13.1 Å². The van der Waals surface area contributed by atoms with Gasteiger partial charge in [-0.25, -0.2) is 0 Å². The second-order valence-electron chi connectivity index (χ2n) is 7.56. The second-order valence-corrected chi connectivity index (χ2v) is 7.99. The molecule has 0 bridgehead atoms. The van der Waals surface area contributed by atoms with Gasteiger partial charge in [-0.15, -0.1) is 0 Å². The highest BCUT2D eigenvalue weighted by Gasteiger charge is 2.25. The van der Waals surface area contributed by atoms with Crippen molar-refractivity contribution in [3.63, 3.8) is 0 Å². The fourth-order valence-electron chi connectivity index (χ4n) is 4.03. The van der Waals surface area contributed by atoms with E-state index in [1.54, 1.807) is 0 Å². The predicted molar refractivity (Wildman–Crippen MR) is 115 cm³/mol. The first-order valence-electron chi connectivity index (χ1n) is 9.90. The molecule has 0 aliphatic carbocycles. The zero-order valence-electron chi connectivity index (χ0n) is 15.9. The van der Waals surface area contributed by atoms with Crippen LogP contribution in [0.4, 0.5) is 0 Å². The standard InChI is InChI=1S/C24H25ClN2O/c25-22-12-10-18(11-13-22)16-27-14-4-8-21(17-27)24(28)26-15-20-7-3-6-19-5-1-2-9-23(19)20/h1-3,5-7,9-13,21H,4,8,14-17H2,(H,26,28). The summed E-state index contributed by atoms with van der Waals surface area (Å²) >= 11 is 5.97. The first-order valence-corrected chi connectivity index (χ1v) is 10.3. The Kier molecular flexibility index (Phi) is 5.94. The summed E-state index contributed by atoms with van der Waals surface area (Å²) in [4.78, 5) is 15.2. The summed E-state index contributed by atoms with van der Waals surface area (Å²) in [5.41, 5.74) is 2.40. The third kappa shape index (κ3) is 4.54. The van der Waals surface area contributed by atoms with Gasteiger partial charge in [0, 0.05) is 24.7 Å². The molecule has 1 saturated heterocycles. The Morgan fingerprint density at radius 2 is 1.82 bits per heavy atom. The maximum absolute atomic E-state index is 12.8. The van der Waals surface area contributed by atoms with E-state index in [4.69, 9.17) is 11.6 Å². The van der Waals surface area contributed by atoms with Gasteiger partial charge >= 0.3 is 0 Å². The Morgan fingerprint density at radius 1 is 1.04 bits per heavy atom. The molecule has 0 spiro atoms. The molecule has 4 rings (SSSR count). The van der Waals surface area contributed by atoms with Gasteiger partial charge in [-0.05, 0) is 53.4 Å². The molecule has 144 valence electrons. The lowest BCUT2D eigenvalue weighted by atomic mass is 9.96. The van der Waals surface area contributed by atoms with Gasteiger partial charge in [0.1, 0.15) is 0 Å². The fourth-order valence-corrected chi connectivity index (χ4v) is 4.16. The lowest BCUT2D eigenvalue weighted by Crippen LogP contribution is -2.42. The normalized spacial score (nSPS) is 17.5. The summed E-state index contributed by atoms with van der Waals surface area (Å²) in [5.74, 6) is 0.213. The van der Waals surface area contributed by atoms with E-state index in [9.17, 15) is 4.79 Å². The number of benzene rings is 3. The van der Waals surface area contributed by atoms with Crippen LogP contribution in [0, 0.1) is 5.92 Å². The van der Waals surface area contributed by atoms with Crippen molar-refractivity contribution >= 4 is 28.3 Å². The average molecular weight is 393 g/mol. The number of nitrogens with one attached hydrogen (secondary N) is 1. The second kappa shape index (κ2) is 8.76. The number of fused-ring (bicyclic) bond motifs is 1. The van der Waals surface area contributed by atoms with E-state index in [-0.39, 0.29) is 11.8 Å². The van der Waals surface area contributed by atoms with Crippen LogP contribution in [0.3, 0.4) is 0 Å². The molecule has 0 radical (unpaired) electrons. The summed E-state index contributed by atoms with van der Waals surface area (Å²) in [6.45, 7) is 3.29. The Hall–Kier alpha value is -2.36. The molecule has 1 fully saturated rings. The Bertz CT molecular complexity index is 949. The van der Waals surface area contributed by atoms with Crippen molar-refractivity contribution in [2.24, 2.45) is 5.92 Å². The first kappa shape index (κ1) is 19.0. The largest absolute Gasteiger partial charge is 0.352 e. The van der Waals surface area contributed by atoms with Crippen molar-refractivity contribution in [1.82, 2.24) is 10.2 Å². The fraction of sp³-hybridized carbons (Fsp3) is 0.292. The molecule has 0 aromatic heterocycles. The van der Waals surface area contributed by atoms with Crippen molar-refractivity contribution in [1.29, 1.82) is 0 Å². The lowest BCUT2D eigenvalue weighted by molar-refractivity contribution is -0.126. The maximum atomic E-state index is 12.8. The third-order valence-electron chi connectivity index (χ3n) is 5.53. The minimum atomic E-state index is 0.0519. The van der Waals surface area contributed by atoms with Crippen molar-refractivity contribution in [3.8, 4) is 0 Å². The first-order chi connectivity index (χ1) is 13.7.